The number of nitrogens with two attached hydrogens (primary N) is 1. The van der Waals surface area contributed by atoms with Crippen LogP contribution < -0.4 is 21.5 Å². The van der Waals surface area contributed by atoms with E-state index < -0.39 is 6.04 Å². The van der Waals surface area contributed by atoms with Crippen molar-refractivity contribution in [1.29, 1.82) is 0 Å². The number of carbonyl (C=O) groups is 2. The van der Waals surface area contributed by atoms with Gasteiger partial charge in [-0.25, -0.2) is 5.84 Å². The Morgan fingerprint density at radius 1 is 1.25 bits per heavy atom. The van der Waals surface area contributed by atoms with E-state index in [2.05, 4.69) is 25.7 Å². The fraction of sp³-hybridized carbons (Fsp3) is 0.500. The van der Waals surface area contributed by atoms with Crippen molar-refractivity contribution in [1.82, 2.24) is 19.9 Å². The van der Waals surface area contributed by atoms with Gasteiger partial charge in [-0.15, -0.1) is 0 Å². The highest BCUT2D eigenvalue weighted by Crippen LogP contribution is 2.17. The van der Waals surface area contributed by atoms with E-state index >= 15 is 0 Å². The smallest absolute Gasteiger partial charge is 0.252 e. The van der Waals surface area contributed by atoms with E-state index in [1.54, 1.807) is 19.0 Å². The van der Waals surface area contributed by atoms with E-state index in [1.807, 2.05) is 0 Å². The Kier molecular flexibility index (Phi) is 3.66. The lowest BCUT2D eigenvalue weighted by atomic mass is 10.2. The third-order valence-electron chi connectivity index (χ3n) is 2.84. The second-order valence-corrected chi connectivity index (χ2v) is 4.51. The van der Waals surface area contributed by atoms with Gasteiger partial charge in [0.05, 0.1) is 6.42 Å². The van der Waals surface area contributed by atoms with Crippen LogP contribution in [-0.2, 0) is 9.59 Å². The van der Waals surface area contributed by atoms with Crippen LogP contribution >= 0.6 is 0 Å². The normalized spacial score (nSPS) is 18.4. The van der Waals surface area contributed by atoms with E-state index in [-0.39, 0.29) is 30.1 Å². The molecule has 0 spiro atoms. The Hall–Kier alpha value is -2.49. The minimum absolute atomic E-state index is 0.0731. The first kappa shape index (κ1) is 13.9. The first-order chi connectivity index (χ1) is 9.42. The van der Waals surface area contributed by atoms with E-state index in [4.69, 9.17) is 5.84 Å². The van der Waals surface area contributed by atoms with Crippen molar-refractivity contribution in [3.63, 3.8) is 0 Å². The van der Waals surface area contributed by atoms with Crippen molar-refractivity contribution in [2.24, 2.45) is 5.84 Å². The Balaban J connectivity index is 2.23. The fourth-order valence-electron chi connectivity index (χ4n) is 1.72. The molecule has 0 radical (unpaired) electrons. The van der Waals surface area contributed by atoms with Crippen LogP contribution in [0.1, 0.15) is 6.42 Å². The summed E-state index contributed by atoms with van der Waals surface area (Å²) in [5.41, 5.74) is 2.33. The second-order valence-electron chi connectivity index (χ2n) is 4.51. The summed E-state index contributed by atoms with van der Waals surface area (Å²) in [6.07, 6.45) is 0.0731. The molecule has 20 heavy (non-hydrogen) atoms. The molecule has 4 N–H and O–H groups in total. The molecule has 1 saturated heterocycles. The van der Waals surface area contributed by atoms with Gasteiger partial charge in [-0.2, -0.15) is 15.0 Å². The van der Waals surface area contributed by atoms with Crippen molar-refractivity contribution >= 4 is 29.7 Å². The van der Waals surface area contributed by atoms with Gasteiger partial charge >= 0.3 is 0 Å². The molecule has 0 saturated carbocycles. The van der Waals surface area contributed by atoms with E-state index in [0.29, 0.717) is 5.95 Å². The molecule has 1 aliphatic heterocycles. The monoisotopic (exact) mass is 280 g/mol. The molecule has 0 bridgehead atoms. The number of carbonyl (C=O) groups excluding carboxylic acids is 2. The van der Waals surface area contributed by atoms with Crippen molar-refractivity contribution in [2.75, 3.05) is 36.8 Å². The lowest BCUT2D eigenvalue weighted by Crippen LogP contribution is -2.32. The average Bonchev–Trinajstić information content (AvgIpc) is 2.66. The maximum absolute atomic E-state index is 11.8. The van der Waals surface area contributed by atoms with Crippen LogP contribution in [0.5, 0.6) is 0 Å². The number of amides is 2. The molecule has 10 nitrogen and oxygen atoms in total. The number of nitrogen functional groups attached to an aromatic ring is 1. The molecule has 1 unspecified atom stereocenters. The third-order valence-corrected chi connectivity index (χ3v) is 2.84. The topological polar surface area (TPSA) is 129 Å². The summed E-state index contributed by atoms with van der Waals surface area (Å²) in [6, 6.07) is -0.671. The quantitative estimate of drug-likeness (QED) is 0.339. The first-order valence-electron chi connectivity index (χ1n) is 5.89. The summed E-state index contributed by atoms with van der Waals surface area (Å²) in [4.78, 5) is 38.2. The number of nitrogens with one attached hydrogen (secondary N) is 2. The second kappa shape index (κ2) is 5.25. The molecule has 1 aromatic heterocycles. The van der Waals surface area contributed by atoms with Crippen molar-refractivity contribution in [2.45, 2.75) is 12.5 Å². The molecule has 10 heteroatoms. The SMILES string of the molecule is CN1C(=O)CC(Nc2nc(NN)nc(N(C)C)n2)C1=O. The molecule has 2 amide bonds. The summed E-state index contributed by atoms with van der Waals surface area (Å²) in [5, 5.41) is 2.82. The zero-order valence-electron chi connectivity index (χ0n) is 11.4. The largest absolute Gasteiger partial charge is 0.347 e. The Morgan fingerprint density at radius 3 is 2.40 bits per heavy atom. The Bertz CT molecular complexity index is 546. The van der Waals surface area contributed by atoms with Gasteiger partial charge in [0.15, 0.2) is 0 Å². The van der Waals surface area contributed by atoms with E-state index in [0.717, 1.165) is 4.90 Å². The number of rotatable bonds is 4. The molecule has 0 aromatic carbocycles. The molecule has 1 aliphatic rings. The maximum atomic E-state index is 11.8. The lowest BCUT2D eigenvalue weighted by Gasteiger charge is -2.15. The molecule has 2 rings (SSSR count). The number of imide groups is 1. The summed E-state index contributed by atoms with van der Waals surface area (Å²) in [6.45, 7) is 0. The molecule has 1 atom stereocenters. The van der Waals surface area contributed by atoms with Crippen molar-refractivity contribution in [3.8, 4) is 0 Å². The fourth-order valence-corrected chi connectivity index (χ4v) is 1.72. The number of likely N-dealkylation sites (N-methyl/N-ethyl adjacent to an activating group) is 1. The van der Waals surface area contributed by atoms with Gasteiger partial charge in [-0.05, 0) is 0 Å². The van der Waals surface area contributed by atoms with Gasteiger partial charge < -0.3 is 10.2 Å². The number of hydrazine groups is 1. The predicted octanol–water partition coefficient (Wildman–Crippen LogP) is -1.61. The number of aromatic nitrogens is 3. The minimum Gasteiger partial charge on any atom is -0.347 e. The Labute approximate surface area is 115 Å². The summed E-state index contributed by atoms with van der Waals surface area (Å²) in [5.74, 6) is 5.45. The zero-order chi connectivity index (χ0) is 14.9. The maximum Gasteiger partial charge on any atom is 0.252 e. The highest BCUT2D eigenvalue weighted by Gasteiger charge is 2.36. The van der Waals surface area contributed by atoms with Crippen LogP contribution in [0.15, 0.2) is 0 Å². The molecule has 0 aliphatic carbocycles. The van der Waals surface area contributed by atoms with Crippen LogP contribution in [0.25, 0.3) is 0 Å². The molecule has 108 valence electrons. The Morgan fingerprint density at radius 2 is 1.90 bits per heavy atom. The van der Waals surface area contributed by atoms with Crippen molar-refractivity contribution in [3.05, 3.63) is 0 Å². The van der Waals surface area contributed by atoms with Gasteiger partial charge in [0.2, 0.25) is 23.8 Å². The molecule has 2 heterocycles. The molecule has 1 fully saturated rings. The predicted molar refractivity (Wildman–Crippen MR) is 71.8 cm³/mol. The number of likely N-dealkylation sites (tertiary alicyclic amines) is 1. The first-order valence-corrected chi connectivity index (χ1v) is 5.89. The minimum atomic E-state index is -0.671. The third kappa shape index (κ3) is 2.59. The van der Waals surface area contributed by atoms with E-state index in [9.17, 15) is 9.59 Å². The summed E-state index contributed by atoms with van der Waals surface area (Å²) in [7, 11) is 4.97. The summed E-state index contributed by atoms with van der Waals surface area (Å²) < 4.78 is 0. The number of anilines is 3. The average molecular weight is 280 g/mol. The van der Waals surface area contributed by atoms with Crippen molar-refractivity contribution < 1.29 is 9.59 Å². The zero-order valence-corrected chi connectivity index (χ0v) is 11.4. The van der Waals surface area contributed by atoms with Gasteiger partial charge in [0.1, 0.15) is 6.04 Å². The van der Waals surface area contributed by atoms with Gasteiger partial charge in [-0.3, -0.25) is 19.9 Å². The van der Waals surface area contributed by atoms with Gasteiger partial charge in [0, 0.05) is 21.1 Å². The standard InChI is InChI=1S/C10H16N8O2/c1-17(2)10-14-8(13-9(15-10)16-11)12-5-4-6(19)18(3)7(5)20/h5H,4,11H2,1-3H3,(H2,12,13,14,15,16). The molecular formula is C10H16N8O2. The van der Waals surface area contributed by atoms with E-state index in [1.165, 1.54) is 7.05 Å². The molecule has 1 aromatic rings. The number of hydrogen-bond acceptors (Lipinski definition) is 9. The van der Waals surface area contributed by atoms with Crippen LogP contribution in [0.3, 0.4) is 0 Å². The van der Waals surface area contributed by atoms with Crippen LogP contribution in [0, 0.1) is 0 Å². The molecular weight excluding hydrogens is 264 g/mol. The van der Waals surface area contributed by atoms with Crippen LogP contribution in [0.4, 0.5) is 17.8 Å². The lowest BCUT2D eigenvalue weighted by molar-refractivity contribution is -0.136. The van der Waals surface area contributed by atoms with Gasteiger partial charge in [-0.1, -0.05) is 0 Å². The van der Waals surface area contributed by atoms with Crippen LogP contribution in [-0.4, -0.2) is 58.9 Å². The summed E-state index contributed by atoms with van der Waals surface area (Å²) >= 11 is 0. The highest BCUT2D eigenvalue weighted by molar-refractivity contribution is 6.06. The highest BCUT2D eigenvalue weighted by atomic mass is 16.2. The van der Waals surface area contributed by atoms with Gasteiger partial charge in [0.25, 0.3) is 5.91 Å². The van der Waals surface area contributed by atoms with Crippen LogP contribution in [0.2, 0.25) is 0 Å². The number of nitrogens with zero attached hydrogens (tertiary/aromatic N) is 5. The number of hydrogen-bond donors (Lipinski definition) is 3.